The van der Waals surface area contributed by atoms with Crippen LogP contribution in [0.15, 0.2) is 54.6 Å². The molecule has 21 heavy (non-hydrogen) atoms. The molecule has 0 saturated carbocycles. The van der Waals surface area contributed by atoms with Crippen molar-refractivity contribution < 1.29 is 14.7 Å². The fourth-order valence-electron chi connectivity index (χ4n) is 2.62. The first-order valence-electron chi connectivity index (χ1n) is 6.85. The normalized spacial score (nSPS) is 21.3. The summed E-state index contributed by atoms with van der Waals surface area (Å²) in [5.41, 5.74) is -0.485. The highest BCUT2D eigenvalue weighted by Crippen LogP contribution is 2.38. The van der Waals surface area contributed by atoms with E-state index in [4.69, 9.17) is 0 Å². The molecule has 1 aliphatic heterocycles. The summed E-state index contributed by atoms with van der Waals surface area (Å²) >= 11 is 0. The van der Waals surface area contributed by atoms with Crippen LogP contribution in [0.4, 0.5) is 11.4 Å². The lowest BCUT2D eigenvalue weighted by atomic mass is 9.84. The van der Waals surface area contributed by atoms with Crippen molar-refractivity contribution in [1.82, 2.24) is 0 Å². The molecule has 1 atom stereocenters. The lowest BCUT2D eigenvalue weighted by molar-refractivity contribution is -0.132. The van der Waals surface area contributed by atoms with Crippen molar-refractivity contribution in [3.8, 4) is 0 Å². The number of ketones is 1. The van der Waals surface area contributed by atoms with Crippen molar-refractivity contribution in [2.75, 3.05) is 4.90 Å². The minimum atomic E-state index is -2.00. The quantitative estimate of drug-likeness (QED) is 0.861. The summed E-state index contributed by atoms with van der Waals surface area (Å²) in [6.07, 6.45) is 0.0440. The summed E-state index contributed by atoms with van der Waals surface area (Å²) in [5.74, 6) is -1.13. The van der Waals surface area contributed by atoms with Crippen molar-refractivity contribution in [3.63, 3.8) is 0 Å². The van der Waals surface area contributed by atoms with Gasteiger partial charge in [-0.25, -0.2) is 0 Å². The summed E-state index contributed by atoms with van der Waals surface area (Å²) in [6, 6.07) is 15.9. The van der Waals surface area contributed by atoms with E-state index in [-0.39, 0.29) is 6.42 Å². The van der Waals surface area contributed by atoms with E-state index >= 15 is 0 Å². The molecule has 0 fully saturated rings. The van der Waals surface area contributed by atoms with Gasteiger partial charge in [-0.3, -0.25) is 14.5 Å². The largest absolute Gasteiger partial charge is 0.373 e. The van der Waals surface area contributed by atoms with Gasteiger partial charge in [-0.1, -0.05) is 37.3 Å². The summed E-state index contributed by atoms with van der Waals surface area (Å²) in [5, 5.41) is 10.6. The Bertz CT molecular complexity index is 711. The minimum Gasteiger partial charge on any atom is -0.373 e. The second kappa shape index (κ2) is 4.82. The highest BCUT2D eigenvalue weighted by molar-refractivity contribution is 6.29. The minimum absolute atomic E-state index is 0.0440. The van der Waals surface area contributed by atoms with Gasteiger partial charge in [-0.2, -0.15) is 0 Å². The monoisotopic (exact) mass is 281 g/mol. The van der Waals surface area contributed by atoms with Crippen LogP contribution in [-0.4, -0.2) is 22.4 Å². The van der Waals surface area contributed by atoms with E-state index < -0.39 is 17.3 Å². The van der Waals surface area contributed by atoms with E-state index in [1.54, 1.807) is 43.3 Å². The van der Waals surface area contributed by atoms with Crippen LogP contribution < -0.4 is 4.90 Å². The number of rotatable bonds is 2. The third kappa shape index (κ3) is 1.87. The molecule has 2 aromatic carbocycles. The van der Waals surface area contributed by atoms with Crippen LogP contribution in [0.3, 0.4) is 0 Å². The van der Waals surface area contributed by atoms with Crippen molar-refractivity contribution >= 4 is 23.1 Å². The Morgan fingerprint density at radius 3 is 2.29 bits per heavy atom. The van der Waals surface area contributed by atoms with Gasteiger partial charge < -0.3 is 5.11 Å². The summed E-state index contributed by atoms with van der Waals surface area (Å²) in [6.45, 7) is 1.63. The number of hydrogen-bond acceptors (Lipinski definition) is 3. The molecule has 1 aliphatic rings. The Morgan fingerprint density at radius 2 is 1.62 bits per heavy atom. The topological polar surface area (TPSA) is 57.6 Å². The van der Waals surface area contributed by atoms with E-state index in [9.17, 15) is 14.7 Å². The maximum Gasteiger partial charge on any atom is 0.271 e. The van der Waals surface area contributed by atoms with Gasteiger partial charge in [0.1, 0.15) is 0 Å². The molecular weight excluding hydrogens is 266 g/mol. The number of fused-ring (bicyclic) bond motifs is 1. The lowest BCUT2D eigenvalue weighted by Gasteiger charge is -2.37. The van der Waals surface area contributed by atoms with E-state index in [0.29, 0.717) is 16.9 Å². The van der Waals surface area contributed by atoms with Crippen LogP contribution in [0.2, 0.25) is 0 Å². The number of para-hydroxylation sites is 2. The van der Waals surface area contributed by atoms with Crippen molar-refractivity contribution in [2.45, 2.75) is 18.9 Å². The Kier molecular flexibility index (Phi) is 3.11. The van der Waals surface area contributed by atoms with Crippen LogP contribution in [0, 0.1) is 0 Å². The van der Waals surface area contributed by atoms with E-state index in [2.05, 4.69) is 0 Å². The first kappa shape index (κ1) is 13.5. The van der Waals surface area contributed by atoms with Gasteiger partial charge in [0.2, 0.25) is 11.4 Å². The van der Waals surface area contributed by atoms with E-state index in [1.807, 2.05) is 18.2 Å². The zero-order valence-electron chi connectivity index (χ0n) is 11.6. The SMILES string of the molecule is CC[C@]1(O)C(=O)c2ccccc2N(c2ccccc2)C1=O. The average Bonchev–Trinajstić information content (AvgIpc) is 2.54. The highest BCUT2D eigenvalue weighted by atomic mass is 16.3. The Balaban J connectivity index is 2.26. The molecular formula is C17H15NO3. The molecule has 0 aromatic heterocycles. The summed E-state index contributed by atoms with van der Waals surface area (Å²) in [7, 11) is 0. The molecule has 0 saturated heterocycles. The van der Waals surface area contributed by atoms with E-state index in [1.165, 1.54) is 4.90 Å². The third-order valence-electron chi connectivity index (χ3n) is 3.85. The number of carbonyl (C=O) groups is 2. The molecule has 3 rings (SSSR count). The first-order valence-corrected chi connectivity index (χ1v) is 6.85. The smallest absolute Gasteiger partial charge is 0.271 e. The van der Waals surface area contributed by atoms with Gasteiger partial charge in [0, 0.05) is 11.3 Å². The van der Waals surface area contributed by atoms with Crippen LogP contribution in [0.5, 0.6) is 0 Å². The number of hydrogen-bond donors (Lipinski definition) is 1. The van der Waals surface area contributed by atoms with Gasteiger partial charge >= 0.3 is 0 Å². The molecule has 0 bridgehead atoms. The van der Waals surface area contributed by atoms with E-state index in [0.717, 1.165) is 0 Å². The number of Topliss-reactive ketones (excluding diaryl/α,β-unsaturated/α-hetero) is 1. The number of amides is 1. The van der Waals surface area contributed by atoms with Gasteiger partial charge in [-0.05, 0) is 30.7 Å². The maximum atomic E-state index is 12.7. The predicted octanol–water partition coefficient (Wildman–Crippen LogP) is 2.69. The fourth-order valence-corrected chi connectivity index (χ4v) is 2.62. The number of aliphatic hydroxyl groups is 1. The Labute approximate surface area is 122 Å². The predicted molar refractivity (Wildman–Crippen MR) is 79.6 cm³/mol. The molecule has 0 radical (unpaired) electrons. The third-order valence-corrected chi connectivity index (χ3v) is 3.85. The summed E-state index contributed by atoms with van der Waals surface area (Å²) in [4.78, 5) is 26.6. The van der Waals surface area contributed by atoms with Crippen molar-refractivity contribution in [2.24, 2.45) is 0 Å². The molecule has 1 N–H and O–H groups in total. The molecule has 4 nitrogen and oxygen atoms in total. The molecule has 1 heterocycles. The number of carbonyl (C=O) groups excluding carboxylic acids is 2. The zero-order valence-corrected chi connectivity index (χ0v) is 11.6. The number of benzene rings is 2. The van der Waals surface area contributed by atoms with Crippen LogP contribution in [0.25, 0.3) is 0 Å². The molecule has 0 aliphatic carbocycles. The highest BCUT2D eigenvalue weighted by Gasteiger charge is 2.50. The molecule has 1 amide bonds. The molecule has 106 valence electrons. The molecule has 0 spiro atoms. The lowest BCUT2D eigenvalue weighted by Crippen LogP contribution is -2.56. The Morgan fingerprint density at radius 1 is 1.00 bits per heavy atom. The van der Waals surface area contributed by atoms with Gasteiger partial charge in [0.15, 0.2) is 0 Å². The van der Waals surface area contributed by atoms with Gasteiger partial charge in [-0.15, -0.1) is 0 Å². The molecule has 0 unspecified atom stereocenters. The second-order valence-corrected chi connectivity index (χ2v) is 5.04. The first-order chi connectivity index (χ1) is 10.1. The van der Waals surface area contributed by atoms with Crippen LogP contribution >= 0.6 is 0 Å². The van der Waals surface area contributed by atoms with Crippen molar-refractivity contribution in [3.05, 3.63) is 60.2 Å². The van der Waals surface area contributed by atoms with Gasteiger partial charge in [0.05, 0.1) is 5.69 Å². The van der Waals surface area contributed by atoms with Crippen LogP contribution in [-0.2, 0) is 4.79 Å². The van der Waals surface area contributed by atoms with Gasteiger partial charge in [0.25, 0.3) is 5.91 Å². The number of nitrogens with zero attached hydrogens (tertiary/aromatic N) is 1. The van der Waals surface area contributed by atoms with Crippen molar-refractivity contribution in [1.29, 1.82) is 0 Å². The molecule has 2 aromatic rings. The van der Waals surface area contributed by atoms with Crippen LogP contribution in [0.1, 0.15) is 23.7 Å². The maximum absolute atomic E-state index is 12.7. The second-order valence-electron chi connectivity index (χ2n) is 5.04. The summed E-state index contributed by atoms with van der Waals surface area (Å²) < 4.78 is 0. The fraction of sp³-hybridized carbons (Fsp3) is 0.176. The average molecular weight is 281 g/mol. The molecule has 4 heteroatoms. The number of anilines is 2. The standard InChI is InChI=1S/C17H15NO3/c1-2-17(21)15(19)13-10-6-7-11-14(13)18(16(17)20)12-8-4-3-5-9-12/h3-11,21H,2H2,1H3/t17-/m0/s1. The Hall–Kier alpha value is -2.46. The zero-order chi connectivity index (χ0) is 15.0.